The molecule has 0 N–H and O–H groups in total. The fraction of sp³-hybridized carbons (Fsp3) is 0.500. The van der Waals surface area contributed by atoms with Crippen LogP contribution < -0.4 is 9.47 Å². The largest absolute Gasteiger partial charge is 0.497 e. The van der Waals surface area contributed by atoms with Gasteiger partial charge in [-0.2, -0.15) is 0 Å². The number of rotatable bonds is 5. The monoisotopic (exact) mass is 249 g/mol. The normalized spacial score (nSPS) is 15.7. The Morgan fingerprint density at radius 2 is 1.94 bits per heavy atom. The minimum atomic E-state index is 0.0904. The molecule has 0 unspecified atom stereocenters. The number of benzene rings is 1. The summed E-state index contributed by atoms with van der Waals surface area (Å²) in [6.45, 7) is 2.49. The second kappa shape index (κ2) is 5.87. The molecule has 2 rings (SSSR count). The van der Waals surface area contributed by atoms with Gasteiger partial charge >= 0.3 is 0 Å². The van der Waals surface area contributed by atoms with Crippen molar-refractivity contribution in [1.82, 2.24) is 4.90 Å². The lowest BCUT2D eigenvalue weighted by atomic mass is 10.1. The molecule has 98 valence electrons. The first-order chi connectivity index (χ1) is 8.74. The smallest absolute Gasteiger partial charge is 0.180 e. The lowest BCUT2D eigenvalue weighted by Gasteiger charge is -2.15. The summed E-state index contributed by atoms with van der Waals surface area (Å²) in [6.07, 6.45) is 2.37. The van der Waals surface area contributed by atoms with E-state index in [9.17, 15) is 4.79 Å². The molecule has 1 aliphatic heterocycles. The van der Waals surface area contributed by atoms with E-state index in [-0.39, 0.29) is 5.78 Å². The van der Waals surface area contributed by atoms with E-state index >= 15 is 0 Å². The van der Waals surface area contributed by atoms with Gasteiger partial charge in [0.15, 0.2) is 5.78 Å². The summed E-state index contributed by atoms with van der Waals surface area (Å²) in [5.74, 6) is 1.38. The first-order valence-electron chi connectivity index (χ1n) is 6.22. The van der Waals surface area contributed by atoms with Crippen LogP contribution in [0.5, 0.6) is 11.5 Å². The summed E-state index contributed by atoms with van der Waals surface area (Å²) < 4.78 is 10.4. The number of nitrogens with zero attached hydrogens (tertiary/aromatic N) is 1. The molecule has 18 heavy (non-hydrogen) atoms. The molecule has 0 bridgehead atoms. The number of likely N-dealkylation sites (tertiary alicyclic amines) is 1. The van der Waals surface area contributed by atoms with Gasteiger partial charge in [-0.1, -0.05) is 0 Å². The molecule has 1 fully saturated rings. The average molecular weight is 249 g/mol. The molecule has 1 saturated heterocycles. The molecule has 1 aromatic carbocycles. The van der Waals surface area contributed by atoms with Crippen LogP contribution in [0.25, 0.3) is 0 Å². The van der Waals surface area contributed by atoms with E-state index in [1.165, 1.54) is 12.8 Å². The molecule has 4 heteroatoms. The van der Waals surface area contributed by atoms with Crippen molar-refractivity contribution in [2.24, 2.45) is 0 Å². The lowest BCUT2D eigenvalue weighted by molar-refractivity contribution is 0.0942. The highest BCUT2D eigenvalue weighted by molar-refractivity contribution is 6.00. The highest BCUT2D eigenvalue weighted by Gasteiger charge is 2.19. The van der Waals surface area contributed by atoms with Gasteiger partial charge in [-0.25, -0.2) is 0 Å². The predicted octanol–water partition coefficient (Wildman–Crippen LogP) is 1.98. The summed E-state index contributed by atoms with van der Waals surface area (Å²) in [7, 11) is 3.17. The molecule has 0 amide bonds. The van der Waals surface area contributed by atoms with Gasteiger partial charge in [-0.3, -0.25) is 9.69 Å². The minimum Gasteiger partial charge on any atom is -0.497 e. The molecule has 1 aromatic rings. The first-order valence-corrected chi connectivity index (χ1v) is 6.22. The Kier molecular flexibility index (Phi) is 4.20. The van der Waals surface area contributed by atoms with E-state index in [1.54, 1.807) is 32.4 Å². The van der Waals surface area contributed by atoms with Crippen LogP contribution in [-0.4, -0.2) is 44.5 Å². The summed E-state index contributed by atoms with van der Waals surface area (Å²) in [4.78, 5) is 14.5. The number of hydrogen-bond donors (Lipinski definition) is 0. The van der Waals surface area contributed by atoms with Gasteiger partial charge in [-0.15, -0.1) is 0 Å². The van der Waals surface area contributed by atoms with Gasteiger partial charge in [-0.05, 0) is 44.1 Å². The average Bonchev–Trinajstić information content (AvgIpc) is 2.90. The third-order valence-corrected chi connectivity index (χ3v) is 3.27. The molecule has 0 aliphatic carbocycles. The maximum absolute atomic E-state index is 12.3. The maximum atomic E-state index is 12.3. The minimum absolute atomic E-state index is 0.0904. The second-order valence-corrected chi connectivity index (χ2v) is 4.47. The topological polar surface area (TPSA) is 38.8 Å². The molecule has 4 nitrogen and oxygen atoms in total. The van der Waals surface area contributed by atoms with Gasteiger partial charge in [0.2, 0.25) is 0 Å². The van der Waals surface area contributed by atoms with Crippen molar-refractivity contribution in [1.29, 1.82) is 0 Å². The van der Waals surface area contributed by atoms with E-state index in [2.05, 4.69) is 4.90 Å². The summed E-state index contributed by atoms with van der Waals surface area (Å²) >= 11 is 0. The molecule has 0 spiro atoms. The van der Waals surface area contributed by atoms with Crippen LogP contribution in [-0.2, 0) is 0 Å². The fourth-order valence-electron chi connectivity index (χ4n) is 2.26. The Morgan fingerprint density at radius 1 is 1.22 bits per heavy atom. The van der Waals surface area contributed by atoms with Crippen LogP contribution >= 0.6 is 0 Å². The van der Waals surface area contributed by atoms with Gasteiger partial charge in [0.25, 0.3) is 0 Å². The van der Waals surface area contributed by atoms with Crippen molar-refractivity contribution in [3.63, 3.8) is 0 Å². The van der Waals surface area contributed by atoms with Crippen molar-refractivity contribution in [2.45, 2.75) is 12.8 Å². The third kappa shape index (κ3) is 2.82. The number of Topliss-reactive ketones (excluding diaryl/α,β-unsaturated/α-hetero) is 1. The van der Waals surface area contributed by atoms with E-state index in [4.69, 9.17) is 9.47 Å². The molecule has 0 aromatic heterocycles. The number of carbonyl (C=O) groups is 1. The Hall–Kier alpha value is -1.55. The number of ketones is 1. The molecule has 0 radical (unpaired) electrons. The van der Waals surface area contributed by atoms with Crippen LogP contribution in [0, 0.1) is 0 Å². The lowest BCUT2D eigenvalue weighted by Crippen LogP contribution is -2.27. The molecule has 0 atom stereocenters. The van der Waals surface area contributed by atoms with Gasteiger partial charge in [0.05, 0.1) is 26.3 Å². The van der Waals surface area contributed by atoms with Crippen molar-refractivity contribution in [2.75, 3.05) is 33.9 Å². The zero-order valence-corrected chi connectivity index (χ0v) is 10.9. The highest BCUT2D eigenvalue weighted by atomic mass is 16.5. The van der Waals surface area contributed by atoms with E-state index < -0.39 is 0 Å². The number of carbonyl (C=O) groups excluding carboxylic acids is 1. The Bertz CT molecular complexity index is 425. The Balaban J connectivity index is 2.16. The molecular weight excluding hydrogens is 230 g/mol. The van der Waals surface area contributed by atoms with Crippen LogP contribution in [0.1, 0.15) is 23.2 Å². The number of hydrogen-bond acceptors (Lipinski definition) is 4. The SMILES string of the molecule is COc1ccc(OC)c(C(=O)CN2CCCC2)c1. The van der Waals surface area contributed by atoms with E-state index in [0.717, 1.165) is 13.1 Å². The van der Waals surface area contributed by atoms with Crippen molar-refractivity contribution < 1.29 is 14.3 Å². The van der Waals surface area contributed by atoms with Crippen LogP contribution in [0.3, 0.4) is 0 Å². The van der Waals surface area contributed by atoms with Crippen LogP contribution in [0.2, 0.25) is 0 Å². The van der Waals surface area contributed by atoms with Gasteiger partial charge in [0.1, 0.15) is 11.5 Å². The zero-order valence-electron chi connectivity index (χ0n) is 10.9. The van der Waals surface area contributed by atoms with Gasteiger partial charge in [0, 0.05) is 0 Å². The van der Waals surface area contributed by atoms with Crippen LogP contribution in [0.4, 0.5) is 0 Å². The summed E-state index contributed by atoms with van der Waals surface area (Å²) in [6, 6.07) is 5.32. The van der Waals surface area contributed by atoms with Crippen molar-refractivity contribution >= 4 is 5.78 Å². The molecule has 1 aliphatic rings. The van der Waals surface area contributed by atoms with Crippen molar-refractivity contribution in [3.05, 3.63) is 23.8 Å². The maximum Gasteiger partial charge on any atom is 0.180 e. The van der Waals surface area contributed by atoms with Crippen LogP contribution in [0.15, 0.2) is 18.2 Å². The summed E-state index contributed by atoms with van der Waals surface area (Å²) in [5.41, 5.74) is 0.601. The number of methoxy groups -OCH3 is 2. The quantitative estimate of drug-likeness (QED) is 0.748. The predicted molar refractivity (Wildman–Crippen MR) is 69.6 cm³/mol. The molecule has 1 heterocycles. The number of ether oxygens (including phenoxy) is 2. The van der Waals surface area contributed by atoms with Crippen molar-refractivity contribution in [3.8, 4) is 11.5 Å². The summed E-state index contributed by atoms with van der Waals surface area (Å²) in [5, 5.41) is 0. The first kappa shape index (κ1) is 12.9. The fourth-order valence-corrected chi connectivity index (χ4v) is 2.26. The third-order valence-electron chi connectivity index (χ3n) is 3.27. The molecular formula is C14H19NO3. The van der Waals surface area contributed by atoms with E-state index in [1.807, 2.05) is 0 Å². The standard InChI is InChI=1S/C14H19NO3/c1-17-11-5-6-14(18-2)12(9-11)13(16)10-15-7-3-4-8-15/h5-6,9H,3-4,7-8,10H2,1-2H3. The second-order valence-electron chi connectivity index (χ2n) is 4.47. The van der Waals surface area contributed by atoms with Gasteiger partial charge < -0.3 is 9.47 Å². The Morgan fingerprint density at radius 3 is 2.56 bits per heavy atom. The highest BCUT2D eigenvalue weighted by Crippen LogP contribution is 2.25. The molecule has 0 saturated carbocycles. The Labute approximate surface area is 107 Å². The van der Waals surface area contributed by atoms with E-state index in [0.29, 0.717) is 23.6 Å². The zero-order chi connectivity index (χ0) is 13.0.